The molecule has 0 saturated heterocycles. The minimum absolute atomic E-state index is 0.181. The van der Waals surface area contributed by atoms with Crippen LogP contribution in [0.2, 0.25) is 0 Å². The fourth-order valence-corrected chi connectivity index (χ4v) is 1.67. The summed E-state index contributed by atoms with van der Waals surface area (Å²) in [4.78, 5) is 15.9. The first kappa shape index (κ1) is 12.4. The number of anilines is 1. The molecule has 1 aromatic carbocycles. The number of nitrogens with zero attached hydrogens (tertiary/aromatic N) is 1. The molecule has 92 valence electrons. The van der Waals surface area contributed by atoms with Crippen molar-refractivity contribution in [3.8, 4) is 0 Å². The van der Waals surface area contributed by atoms with Crippen LogP contribution in [-0.2, 0) is 0 Å². The summed E-state index contributed by atoms with van der Waals surface area (Å²) in [5, 5.41) is 5.68. The maximum atomic E-state index is 11.8. The number of rotatable bonds is 4. The van der Waals surface area contributed by atoms with E-state index in [0.29, 0.717) is 11.4 Å². The van der Waals surface area contributed by atoms with Gasteiger partial charge in [0.1, 0.15) is 11.3 Å². The van der Waals surface area contributed by atoms with Gasteiger partial charge in [0.2, 0.25) is 0 Å². The van der Waals surface area contributed by atoms with Gasteiger partial charge in [-0.1, -0.05) is 24.3 Å². The molecule has 1 heterocycles. The lowest BCUT2D eigenvalue weighted by Crippen LogP contribution is -2.36. The maximum Gasteiger partial charge on any atom is 0.253 e. The highest BCUT2D eigenvalue weighted by atomic mass is 32.1. The van der Waals surface area contributed by atoms with Gasteiger partial charge in [-0.2, -0.15) is 0 Å². The second kappa shape index (κ2) is 6.07. The zero-order chi connectivity index (χ0) is 12.8. The van der Waals surface area contributed by atoms with Gasteiger partial charge in [-0.25, -0.2) is 4.98 Å². The molecule has 2 aromatic rings. The van der Waals surface area contributed by atoms with Crippen LogP contribution in [-0.4, -0.2) is 16.4 Å². The maximum absolute atomic E-state index is 11.8. The van der Waals surface area contributed by atoms with Gasteiger partial charge in [0.05, 0.1) is 0 Å². The lowest BCUT2D eigenvalue weighted by Gasteiger charge is -2.15. The zero-order valence-electron chi connectivity index (χ0n) is 9.58. The second-order valence-corrected chi connectivity index (χ2v) is 4.12. The van der Waals surface area contributed by atoms with Gasteiger partial charge in [-0.3, -0.25) is 4.79 Å². The molecule has 2 rings (SSSR count). The fourth-order valence-electron chi connectivity index (χ4n) is 1.42. The molecule has 1 atom stereocenters. The first-order chi connectivity index (χ1) is 8.75. The Morgan fingerprint density at radius 1 is 1.11 bits per heavy atom. The summed E-state index contributed by atoms with van der Waals surface area (Å²) in [5.74, 6) is 0.477. The molecule has 0 aliphatic rings. The van der Waals surface area contributed by atoms with E-state index in [2.05, 4.69) is 28.2 Å². The van der Waals surface area contributed by atoms with Gasteiger partial charge in [0.25, 0.3) is 5.91 Å². The summed E-state index contributed by atoms with van der Waals surface area (Å²) in [7, 11) is 0. The van der Waals surface area contributed by atoms with Crippen molar-refractivity contribution >= 4 is 24.4 Å². The highest BCUT2D eigenvalue weighted by molar-refractivity contribution is 7.81. The summed E-state index contributed by atoms with van der Waals surface area (Å²) in [6.07, 6.45) is 1.67. The quantitative estimate of drug-likeness (QED) is 0.582. The highest BCUT2D eigenvalue weighted by Crippen LogP contribution is 2.05. The minimum atomic E-state index is -0.493. The summed E-state index contributed by atoms with van der Waals surface area (Å²) in [6, 6.07) is 14.5. The molecule has 0 radical (unpaired) electrons. The van der Waals surface area contributed by atoms with Crippen molar-refractivity contribution in [2.75, 3.05) is 5.32 Å². The van der Waals surface area contributed by atoms with Gasteiger partial charge in [-0.15, -0.1) is 12.6 Å². The van der Waals surface area contributed by atoms with E-state index in [1.807, 2.05) is 30.3 Å². The molecule has 5 heteroatoms. The van der Waals surface area contributed by atoms with Crippen molar-refractivity contribution in [2.24, 2.45) is 0 Å². The molecular weight excluding hydrogens is 246 g/mol. The summed E-state index contributed by atoms with van der Waals surface area (Å²) in [6.45, 7) is 0. The molecule has 0 fully saturated rings. The Kier molecular flexibility index (Phi) is 4.20. The Morgan fingerprint density at radius 2 is 1.83 bits per heavy atom. The molecular formula is C13H13N3OS. The third-order valence-corrected chi connectivity index (χ3v) is 2.51. The van der Waals surface area contributed by atoms with Gasteiger partial charge < -0.3 is 10.6 Å². The Morgan fingerprint density at radius 3 is 2.50 bits per heavy atom. The van der Waals surface area contributed by atoms with Crippen LogP contribution >= 0.6 is 12.6 Å². The lowest BCUT2D eigenvalue weighted by molar-refractivity contribution is 0.0953. The van der Waals surface area contributed by atoms with E-state index < -0.39 is 5.50 Å². The number of carbonyl (C=O) groups excluding carboxylic acids is 1. The monoisotopic (exact) mass is 259 g/mol. The number of carbonyl (C=O) groups is 1. The third kappa shape index (κ3) is 3.49. The number of thiol groups is 1. The van der Waals surface area contributed by atoms with E-state index in [9.17, 15) is 4.79 Å². The van der Waals surface area contributed by atoms with Gasteiger partial charge in [-0.05, 0) is 24.3 Å². The third-order valence-electron chi connectivity index (χ3n) is 2.25. The number of hydrogen-bond acceptors (Lipinski definition) is 4. The van der Waals surface area contributed by atoms with E-state index >= 15 is 0 Å². The van der Waals surface area contributed by atoms with Crippen LogP contribution in [0.3, 0.4) is 0 Å². The van der Waals surface area contributed by atoms with Gasteiger partial charge in [0, 0.05) is 11.8 Å². The highest BCUT2D eigenvalue weighted by Gasteiger charge is 2.09. The smallest absolute Gasteiger partial charge is 0.253 e. The minimum Gasteiger partial charge on any atom is -0.342 e. The normalized spacial score (nSPS) is 11.6. The number of aromatic nitrogens is 1. The average molecular weight is 259 g/mol. The van der Waals surface area contributed by atoms with E-state index in [1.54, 1.807) is 24.4 Å². The standard InChI is InChI=1S/C13H13N3OS/c17-12(10-6-2-1-3-7-10)16-13(18)15-11-8-4-5-9-14-11/h1-9,13,18H,(H,14,15)(H,16,17). The number of benzene rings is 1. The molecule has 0 aliphatic carbocycles. The van der Waals surface area contributed by atoms with E-state index in [0.717, 1.165) is 0 Å². The SMILES string of the molecule is O=C(NC(S)Nc1ccccn1)c1ccccc1. The molecule has 2 N–H and O–H groups in total. The topological polar surface area (TPSA) is 54.0 Å². The first-order valence-electron chi connectivity index (χ1n) is 5.47. The van der Waals surface area contributed by atoms with Crippen LogP contribution < -0.4 is 10.6 Å². The summed E-state index contributed by atoms with van der Waals surface area (Å²) < 4.78 is 0. The average Bonchev–Trinajstić information content (AvgIpc) is 2.40. The van der Waals surface area contributed by atoms with Crippen molar-refractivity contribution in [3.05, 3.63) is 60.3 Å². The molecule has 0 bridgehead atoms. The molecule has 0 aliphatic heterocycles. The van der Waals surface area contributed by atoms with Crippen LogP contribution in [0.1, 0.15) is 10.4 Å². The van der Waals surface area contributed by atoms with E-state index in [4.69, 9.17) is 0 Å². The van der Waals surface area contributed by atoms with Crippen molar-refractivity contribution in [2.45, 2.75) is 5.50 Å². The Hall–Kier alpha value is -2.01. The van der Waals surface area contributed by atoms with Gasteiger partial charge >= 0.3 is 0 Å². The molecule has 1 aromatic heterocycles. The predicted octanol–water partition coefficient (Wildman–Crippen LogP) is 2.14. The van der Waals surface area contributed by atoms with Crippen LogP contribution in [0.5, 0.6) is 0 Å². The number of amides is 1. The van der Waals surface area contributed by atoms with Crippen LogP contribution in [0, 0.1) is 0 Å². The summed E-state index contributed by atoms with van der Waals surface area (Å²) >= 11 is 4.25. The van der Waals surface area contributed by atoms with Crippen molar-refractivity contribution < 1.29 is 4.79 Å². The number of pyridine rings is 1. The number of hydrogen-bond donors (Lipinski definition) is 3. The Bertz CT molecular complexity index is 504. The second-order valence-electron chi connectivity index (χ2n) is 3.60. The van der Waals surface area contributed by atoms with Crippen LogP contribution in [0.25, 0.3) is 0 Å². The zero-order valence-corrected chi connectivity index (χ0v) is 10.5. The van der Waals surface area contributed by atoms with E-state index in [-0.39, 0.29) is 5.91 Å². The molecule has 18 heavy (non-hydrogen) atoms. The van der Waals surface area contributed by atoms with Gasteiger partial charge in [0.15, 0.2) is 0 Å². The lowest BCUT2D eigenvalue weighted by atomic mass is 10.2. The van der Waals surface area contributed by atoms with Crippen LogP contribution in [0.15, 0.2) is 54.7 Å². The van der Waals surface area contributed by atoms with Crippen LogP contribution in [0.4, 0.5) is 5.82 Å². The summed E-state index contributed by atoms with van der Waals surface area (Å²) in [5.41, 5.74) is 0.104. The predicted molar refractivity (Wildman–Crippen MR) is 74.5 cm³/mol. The molecule has 4 nitrogen and oxygen atoms in total. The largest absolute Gasteiger partial charge is 0.342 e. The molecule has 1 amide bonds. The first-order valence-corrected chi connectivity index (χ1v) is 5.99. The van der Waals surface area contributed by atoms with Crippen molar-refractivity contribution in [3.63, 3.8) is 0 Å². The Labute approximate surface area is 111 Å². The van der Waals surface area contributed by atoms with Crippen molar-refractivity contribution in [1.82, 2.24) is 10.3 Å². The fraction of sp³-hybridized carbons (Fsp3) is 0.0769. The molecule has 1 unspecified atom stereocenters. The Balaban J connectivity index is 1.92. The van der Waals surface area contributed by atoms with Crippen molar-refractivity contribution in [1.29, 1.82) is 0 Å². The molecule has 0 spiro atoms. The number of nitrogens with one attached hydrogen (secondary N) is 2. The molecule has 0 saturated carbocycles. The van der Waals surface area contributed by atoms with E-state index in [1.165, 1.54) is 0 Å².